The minimum atomic E-state index is -1.55. The predicted molar refractivity (Wildman–Crippen MR) is 37.6 cm³/mol. The van der Waals surface area contributed by atoms with Gasteiger partial charge in [-0.25, -0.2) is 0 Å². The van der Waals surface area contributed by atoms with Crippen molar-refractivity contribution >= 4 is 11.9 Å². The van der Waals surface area contributed by atoms with Gasteiger partial charge in [0.05, 0.1) is 11.9 Å². The summed E-state index contributed by atoms with van der Waals surface area (Å²) in [5.74, 6) is -4.97. The molecule has 0 N–H and O–H groups in total. The normalized spacial score (nSPS) is 10.7. The van der Waals surface area contributed by atoms with Gasteiger partial charge in [-0.15, -0.1) is 0 Å². The Morgan fingerprint density at radius 3 is 1.50 bits per heavy atom. The molecule has 0 amide bonds. The predicted octanol–water partition coefficient (Wildman–Crippen LogP) is -1.46. The monoisotopic (exact) mass is 172 g/mol. The lowest BCUT2D eigenvalue weighted by Gasteiger charge is -2.26. The smallest absolute Gasteiger partial charge is 0.0504 e. The summed E-state index contributed by atoms with van der Waals surface area (Å²) >= 11 is 0. The second-order valence-corrected chi connectivity index (χ2v) is 2.69. The van der Waals surface area contributed by atoms with Crippen molar-refractivity contribution in [2.45, 2.75) is 26.7 Å². The fourth-order valence-corrected chi connectivity index (χ4v) is 1.24. The van der Waals surface area contributed by atoms with Gasteiger partial charge in [0.25, 0.3) is 0 Å². The molecule has 4 heteroatoms. The van der Waals surface area contributed by atoms with Gasteiger partial charge >= 0.3 is 0 Å². The summed E-state index contributed by atoms with van der Waals surface area (Å²) < 4.78 is 0. The summed E-state index contributed by atoms with van der Waals surface area (Å²) in [6.45, 7) is 3.49. The van der Waals surface area contributed by atoms with Crippen molar-refractivity contribution in [1.29, 1.82) is 0 Å². The lowest BCUT2D eigenvalue weighted by molar-refractivity contribution is -0.334. The Bertz CT molecular complexity index is 158. The van der Waals surface area contributed by atoms with Gasteiger partial charge in [0, 0.05) is 5.92 Å². The second-order valence-electron chi connectivity index (χ2n) is 2.69. The molecule has 12 heavy (non-hydrogen) atoms. The highest BCUT2D eigenvalue weighted by Crippen LogP contribution is 2.18. The first-order chi connectivity index (χ1) is 5.54. The van der Waals surface area contributed by atoms with Gasteiger partial charge in [-0.3, -0.25) is 0 Å². The van der Waals surface area contributed by atoms with Crippen molar-refractivity contribution < 1.29 is 19.8 Å². The minimum absolute atomic E-state index is 0.389. The standard InChI is InChI=1S/C8H14O4/c1-3-5(4-2)6(7(9)10)8(11)12/h5-6H,3-4H2,1-2H3,(H,9,10)(H,11,12)/p-2. The Balaban J connectivity index is 4.47. The lowest BCUT2D eigenvalue weighted by Crippen LogP contribution is -2.46. The van der Waals surface area contributed by atoms with E-state index in [4.69, 9.17) is 0 Å². The van der Waals surface area contributed by atoms with Crippen LogP contribution in [-0.2, 0) is 9.59 Å². The maximum Gasteiger partial charge on any atom is 0.0504 e. The highest BCUT2D eigenvalue weighted by Gasteiger charge is 2.20. The first kappa shape index (κ1) is 10.9. The number of hydrogen-bond acceptors (Lipinski definition) is 4. The molecular formula is C8H12O4-2. The summed E-state index contributed by atoms with van der Waals surface area (Å²) in [5, 5.41) is 20.7. The first-order valence-corrected chi connectivity index (χ1v) is 3.96. The minimum Gasteiger partial charge on any atom is -0.549 e. The van der Waals surface area contributed by atoms with E-state index in [1.54, 1.807) is 13.8 Å². The number of hydrogen-bond donors (Lipinski definition) is 0. The summed E-state index contributed by atoms with van der Waals surface area (Å²) in [5.41, 5.74) is 0. The first-order valence-electron chi connectivity index (χ1n) is 3.96. The van der Waals surface area contributed by atoms with Gasteiger partial charge in [-0.05, 0) is 5.92 Å². The molecule has 0 aliphatic carbocycles. The van der Waals surface area contributed by atoms with Crippen LogP contribution in [0.4, 0.5) is 0 Å². The van der Waals surface area contributed by atoms with E-state index in [-0.39, 0.29) is 5.92 Å². The molecule has 0 fully saturated rings. The molecule has 0 radical (unpaired) electrons. The molecule has 70 valence electrons. The number of rotatable bonds is 5. The maximum atomic E-state index is 10.4. The van der Waals surface area contributed by atoms with Crippen LogP contribution in [0.2, 0.25) is 0 Å². The average molecular weight is 172 g/mol. The van der Waals surface area contributed by atoms with Crippen LogP contribution in [0.5, 0.6) is 0 Å². The molecule has 0 bridgehead atoms. The molecule has 0 heterocycles. The van der Waals surface area contributed by atoms with Crippen LogP contribution in [0.15, 0.2) is 0 Å². The van der Waals surface area contributed by atoms with Gasteiger partial charge in [-0.1, -0.05) is 26.7 Å². The van der Waals surface area contributed by atoms with Crippen LogP contribution >= 0.6 is 0 Å². The fourth-order valence-electron chi connectivity index (χ4n) is 1.24. The third-order valence-corrected chi connectivity index (χ3v) is 2.03. The van der Waals surface area contributed by atoms with Crippen molar-refractivity contribution in [3.05, 3.63) is 0 Å². The average Bonchev–Trinajstić information content (AvgIpc) is 1.98. The highest BCUT2D eigenvalue weighted by atomic mass is 16.4. The molecular weight excluding hydrogens is 160 g/mol. The molecule has 0 unspecified atom stereocenters. The number of aliphatic carboxylic acids is 2. The molecule has 0 spiro atoms. The van der Waals surface area contributed by atoms with E-state index in [2.05, 4.69) is 0 Å². The lowest BCUT2D eigenvalue weighted by atomic mass is 9.88. The molecule has 0 aromatic carbocycles. The second kappa shape index (κ2) is 4.74. The zero-order valence-corrected chi connectivity index (χ0v) is 7.20. The third-order valence-electron chi connectivity index (χ3n) is 2.03. The Kier molecular flexibility index (Phi) is 4.33. The van der Waals surface area contributed by atoms with E-state index < -0.39 is 17.9 Å². The Morgan fingerprint density at radius 2 is 1.42 bits per heavy atom. The molecule has 0 saturated carbocycles. The van der Waals surface area contributed by atoms with Crippen molar-refractivity contribution in [2.24, 2.45) is 11.8 Å². The van der Waals surface area contributed by atoms with Crippen molar-refractivity contribution in [3.63, 3.8) is 0 Å². The van der Waals surface area contributed by atoms with E-state index in [1.807, 2.05) is 0 Å². The van der Waals surface area contributed by atoms with Crippen molar-refractivity contribution in [1.82, 2.24) is 0 Å². The summed E-state index contributed by atoms with van der Waals surface area (Å²) in [7, 11) is 0. The van der Waals surface area contributed by atoms with Crippen LogP contribution in [-0.4, -0.2) is 11.9 Å². The van der Waals surface area contributed by atoms with Crippen LogP contribution < -0.4 is 10.2 Å². The molecule has 0 aromatic heterocycles. The van der Waals surface area contributed by atoms with Crippen LogP contribution in [0.3, 0.4) is 0 Å². The molecule has 0 rings (SSSR count). The van der Waals surface area contributed by atoms with Gasteiger partial charge in [0.2, 0.25) is 0 Å². The van der Waals surface area contributed by atoms with Gasteiger partial charge in [-0.2, -0.15) is 0 Å². The molecule has 0 aromatic rings. The topological polar surface area (TPSA) is 80.3 Å². The van der Waals surface area contributed by atoms with E-state index in [9.17, 15) is 19.8 Å². The molecule has 0 aliphatic rings. The maximum absolute atomic E-state index is 10.4. The Morgan fingerprint density at radius 1 is 1.08 bits per heavy atom. The Labute approximate surface area is 71.2 Å². The van der Waals surface area contributed by atoms with Crippen molar-refractivity contribution in [2.75, 3.05) is 0 Å². The van der Waals surface area contributed by atoms with E-state index in [1.165, 1.54) is 0 Å². The molecule has 0 atom stereocenters. The fraction of sp³-hybridized carbons (Fsp3) is 0.750. The van der Waals surface area contributed by atoms with E-state index >= 15 is 0 Å². The van der Waals surface area contributed by atoms with Crippen LogP contribution in [0, 0.1) is 11.8 Å². The number of carbonyl (C=O) groups is 2. The van der Waals surface area contributed by atoms with Crippen LogP contribution in [0.25, 0.3) is 0 Å². The summed E-state index contributed by atoms with van der Waals surface area (Å²) in [4.78, 5) is 20.7. The summed E-state index contributed by atoms with van der Waals surface area (Å²) in [6.07, 6.45) is 1.01. The van der Waals surface area contributed by atoms with Gasteiger partial charge in [0.1, 0.15) is 0 Å². The third kappa shape index (κ3) is 2.53. The molecule has 0 saturated heterocycles. The van der Waals surface area contributed by atoms with Crippen LogP contribution in [0.1, 0.15) is 26.7 Å². The van der Waals surface area contributed by atoms with Gasteiger partial charge < -0.3 is 19.8 Å². The number of carbonyl (C=O) groups excluding carboxylic acids is 2. The zero-order chi connectivity index (χ0) is 9.72. The summed E-state index contributed by atoms with van der Waals surface area (Å²) in [6, 6.07) is 0. The van der Waals surface area contributed by atoms with Crippen molar-refractivity contribution in [3.8, 4) is 0 Å². The van der Waals surface area contributed by atoms with E-state index in [0.717, 1.165) is 0 Å². The zero-order valence-electron chi connectivity index (χ0n) is 7.20. The quantitative estimate of drug-likeness (QED) is 0.474. The number of carboxylic acids is 2. The Hall–Kier alpha value is -1.06. The highest BCUT2D eigenvalue weighted by molar-refractivity contribution is 5.91. The van der Waals surface area contributed by atoms with Gasteiger partial charge in [0.15, 0.2) is 0 Å². The largest absolute Gasteiger partial charge is 0.549 e. The number of carboxylic acid groups (broad SMARTS) is 2. The molecule has 4 nitrogen and oxygen atoms in total. The molecule has 0 aliphatic heterocycles. The van der Waals surface area contributed by atoms with E-state index in [0.29, 0.717) is 12.8 Å². The SMILES string of the molecule is CCC(CC)C(C(=O)[O-])C(=O)[O-].